The van der Waals surface area contributed by atoms with Crippen molar-refractivity contribution < 1.29 is 9.53 Å². The summed E-state index contributed by atoms with van der Waals surface area (Å²) in [5, 5.41) is 7.63. The molecule has 0 aliphatic heterocycles. The van der Waals surface area contributed by atoms with Crippen LogP contribution in [0.15, 0.2) is 30.7 Å². The Morgan fingerprint density at radius 3 is 2.65 bits per heavy atom. The van der Waals surface area contributed by atoms with Crippen LogP contribution in [0.2, 0.25) is 0 Å². The van der Waals surface area contributed by atoms with Crippen molar-refractivity contribution in [2.75, 3.05) is 6.61 Å². The van der Waals surface area contributed by atoms with Gasteiger partial charge < -0.3 is 4.74 Å². The highest BCUT2D eigenvalue weighted by molar-refractivity contribution is 5.86. The molecule has 0 saturated carbocycles. The molecule has 0 aliphatic rings. The van der Waals surface area contributed by atoms with Gasteiger partial charge in [0.1, 0.15) is 0 Å². The summed E-state index contributed by atoms with van der Waals surface area (Å²) in [6.07, 6.45) is 4.62. The quantitative estimate of drug-likeness (QED) is 0.735. The number of rotatable bonds is 3. The average molecular weight is 230 g/mol. The Kier molecular flexibility index (Phi) is 3.34. The number of carbonyl (C=O) groups is 1. The van der Waals surface area contributed by atoms with Crippen molar-refractivity contribution in [1.29, 1.82) is 0 Å². The molecule has 0 radical (unpaired) electrons. The fourth-order valence-electron chi connectivity index (χ4n) is 1.21. The van der Waals surface area contributed by atoms with Crippen LogP contribution in [0, 0.1) is 0 Å². The maximum atomic E-state index is 11.3. The standard InChI is InChI=1S/C11H10N4O2/c1-2-17-11(16)9-7-13-10(15-14-9)8-3-5-12-6-4-8/h3-7H,2H2,1H3. The van der Waals surface area contributed by atoms with Crippen LogP contribution in [-0.2, 0) is 4.74 Å². The number of hydrogen-bond acceptors (Lipinski definition) is 6. The first-order chi connectivity index (χ1) is 8.31. The van der Waals surface area contributed by atoms with Gasteiger partial charge in [0.15, 0.2) is 11.5 Å². The third kappa shape index (κ3) is 2.60. The molecule has 6 nitrogen and oxygen atoms in total. The van der Waals surface area contributed by atoms with Crippen LogP contribution in [0.3, 0.4) is 0 Å². The number of carbonyl (C=O) groups excluding carboxylic acids is 1. The van der Waals surface area contributed by atoms with E-state index in [1.807, 2.05) is 0 Å². The molecule has 86 valence electrons. The summed E-state index contributed by atoms with van der Waals surface area (Å²) in [5.74, 6) is -0.0748. The Bertz CT molecular complexity index is 499. The molecule has 2 heterocycles. The van der Waals surface area contributed by atoms with Gasteiger partial charge in [-0.3, -0.25) is 4.98 Å². The molecule has 2 aromatic rings. The molecule has 0 aliphatic carbocycles. The SMILES string of the molecule is CCOC(=O)c1cnc(-c2ccncc2)nn1. The maximum Gasteiger partial charge on any atom is 0.360 e. The third-order valence-electron chi connectivity index (χ3n) is 1.98. The van der Waals surface area contributed by atoms with E-state index < -0.39 is 5.97 Å². The molecule has 2 rings (SSSR count). The lowest BCUT2D eigenvalue weighted by Gasteiger charge is -2.01. The lowest BCUT2D eigenvalue weighted by atomic mass is 10.2. The monoisotopic (exact) mass is 230 g/mol. The Balaban J connectivity index is 2.22. The highest BCUT2D eigenvalue weighted by atomic mass is 16.5. The topological polar surface area (TPSA) is 77.9 Å². The summed E-state index contributed by atoms with van der Waals surface area (Å²) in [7, 11) is 0. The van der Waals surface area contributed by atoms with Crippen LogP contribution in [-0.4, -0.2) is 32.7 Å². The average Bonchev–Trinajstić information content (AvgIpc) is 2.40. The number of aromatic nitrogens is 4. The normalized spacial score (nSPS) is 9.94. The molecular weight excluding hydrogens is 220 g/mol. The van der Waals surface area contributed by atoms with Crippen molar-refractivity contribution in [3.8, 4) is 11.4 Å². The lowest BCUT2D eigenvalue weighted by Crippen LogP contribution is -2.09. The molecule has 0 saturated heterocycles. The van der Waals surface area contributed by atoms with E-state index in [-0.39, 0.29) is 5.69 Å². The number of hydrogen-bond donors (Lipinski definition) is 0. The van der Waals surface area contributed by atoms with E-state index in [9.17, 15) is 4.79 Å². The molecule has 0 bridgehead atoms. The molecule has 17 heavy (non-hydrogen) atoms. The Labute approximate surface area is 97.7 Å². The van der Waals surface area contributed by atoms with Gasteiger partial charge in [-0.25, -0.2) is 9.78 Å². The first-order valence-corrected chi connectivity index (χ1v) is 5.08. The van der Waals surface area contributed by atoms with Crippen LogP contribution in [0.25, 0.3) is 11.4 Å². The first-order valence-electron chi connectivity index (χ1n) is 5.08. The molecular formula is C11H10N4O2. The molecule has 0 atom stereocenters. The van der Waals surface area contributed by atoms with Crippen molar-refractivity contribution in [2.24, 2.45) is 0 Å². The van der Waals surface area contributed by atoms with Crippen LogP contribution >= 0.6 is 0 Å². The van der Waals surface area contributed by atoms with Crippen molar-refractivity contribution in [2.45, 2.75) is 6.92 Å². The zero-order valence-electron chi connectivity index (χ0n) is 9.20. The summed E-state index contributed by atoms with van der Waals surface area (Å²) in [6, 6.07) is 3.53. The Morgan fingerprint density at radius 2 is 2.06 bits per heavy atom. The van der Waals surface area contributed by atoms with E-state index in [4.69, 9.17) is 4.74 Å². The number of nitrogens with zero attached hydrogens (tertiary/aromatic N) is 4. The summed E-state index contributed by atoms with van der Waals surface area (Å²) in [5.41, 5.74) is 0.896. The van der Waals surface area contributed by atoms with Crippen LogP contribution in [0.5, 0.6) is 0 Å². The van der Waals surface area contributed by atoms with Gasteiger partial charge in [0.2, 0.25) is 0 Å². The van der Waals surface area contributed by atoms with E-state index in [0.29, 0.717) is 12.4 Å². The summed E-state index contributed by atoms with van der Waals surface area (Å²) in [4.78, 5) is 19.3. The van der Waals surface area contributed by atoms with E-state index in [1.54, 1.807) is 31.5 Å². The van der Waals surface area contributed by atoms with Gasteiger partial charge in [-0.2, -0.15) is 0 Å². The second kappa shape index (κ2) is 5.11. The fraction of sp³-hybridized carbons (Fsp3) is 0.182. The highest BCUT2D eigenvalue weighted by Gasteiger charge is 2.10. The minimum atomic E-state index is -0.520. The number of esters is 1. The second-order valence-corrected chi connectivity index (χ2v) is 3.12. The van der Waals surface area contributed by atoms with Gasteiger partial charge in [-0.1, -0.05) is 0 Å². The van der Waals surface area contributed by atoms with Gasteiger partial charge in [-0.05, 0) is 19.1 Å². The molecule has 0 fully saturated rings. The van der Waals surface area contributed by atoms with Gasteiger partial charge in [0, 0.05) is 18.0 Å². The molecule has 0 aromatic carbocycles. The highest BCUT2D eigenvalue weighted by Crippen LogP contribution is 2.11. The minimum absolute atomic E-state index is 0.102. The van der Waals surface area contributed by atoms with E-state index >= 15 is 0 Å². The summed E-state index contributed by atoms with van der Waals surface area (Å²) >= 11 is 0. The van der Waals surface area contributed by atoms with Crippen LogP contribution in [0.4, 0.5) is 0 Å². The summed E-state index contributed by atoms with van der Waals surface area (Å²) in [6.45, 7) is 2.02. The zero-order valence-corrected chi connectivity index (χ0v) is 9.20. The molecule has 0 unspecified atom stereocenters. The first kappa shape index (κ1) is 11.1. The van der Waals surface area contributed by atoms with Gasteiger partial charge >= 0.3 is 5.97 Å². The van der Waals surface area contributed by atoms with Crippen LogP contribution < -0.4 is 0 Å². The number of ether oxygens (including phenoxy) is 1. The van der Waals surface area contributed by atoms with Crippen molar-refractivity contribution in [3.63, 3.8) is 0 Å². The van der Waals surface area contributed by atoms with E-state index in [0.717, 1.165) is 5.56 Å². The molecule has 0 spiro atoms. The zero-order chi connectivity index (χ0) is 12.1. The second-order valence-electron chi connectivity index (χ2n) is 3.12. The van der Waals surface area contributed by atoms with E-state index in [2.05, 4.69) is 20.2 Å². The summed E-state index contributed by atoms with van der Waals surface area (Å²) < 4.78 is 4.78. The van der Waals surface area contributed by atoms with Crippen molar-refractivity contribution in [1.82, 2.24) is 20.2 Å². The largest absolute Gasteiger partial charge is 0.461 e. The number of pyridine rings is 1. The van der Waals surface area contributed by atoms with Crippen LogP contribution in [0.1, 0.15) is 17.4 Å². The van der Waals surface area contributed by atoms with Gasteiger partial charge in [0.05, 0.1) is 12.8 Å². The van der Waals surface area contributed by atoms with Gasteiger partial charge in [0.25, 0.3) is 0 Å². The molecule has 2 aromatic heterocycles. The van der Waals surface area contributed by atoms with Crippen molar-refractivity contribution >= 4 is 5.97 Å². The predicted octanol–water partition coefficient (Wildman–Crippen LogP) is 1.11. The fourth-order valence-corrected chi connectivity index (χ4v) is 1.21. The molecule has 6 heteroatoms. The molecule has 0 N–H and O–H groups in total. The minimum Gasteiger partial charge on any atom is -0.461 e. The van der Waals surface area contributed by atoms with E-state index in [1.165, 1.54) is 6.20 Å². The smallest absolute Gasteiger partial charge is 0.360 e. The third-order valence-corrected chi connectivity index (χ3v) is 1.98. The Morgan fingerprint density at radius 1 is 1.29 bits per heavy atom. The lowest BCUT2D eigenvalue weighted by molar-refractivity contribution is 0.0517. The molecule has 0 amide bonds. The predicted molar refractivity (Wildman–Crippen MR) is 59.0 cm³/mol. The van der Waals surface area contributed by atoms with Crippen molar-refractivity contribution in [3.05, 3.63) is 36.4 Å². The van der Waals surface area contributed by atoms with Gasteiger partial charge in [-0.15, -0.1) is 10.2 Å². The Hall–Kier alpha value is -2.37. The maximum absolute atomic E-state index is 11.3.